The number of nitrogens with zero attached hydrogens (tertiary/aromatic N) is 1. The predicted octanol–water partition coefficient (Wildman–Crippen LogP) is 14.6. The van der Waals surface area contributed by atoms with Crippen molar-refractivity contribution in [3.05, 3.63) is 60.8 Å². The molecule has 3 N–H and O–H groups in total. The van der Waals surface area contributed by atoms with E-state index >= 15 is 0 Å². The van der Waals surface area contributed by atoms with Gasteiger partial charge in [-0.1, -0.05) is 190 Å². The second-order valence-corrected chi connectivity index (χ2v) is 19.6. The number of aliphatic hydroxyl groups is 1. The third-order valence-corrected chi connectivity index (χ3v) is 11.9. The molecule has 0 aliphatic heterocycles. The minimum Gasteiger partial charge on any atom is -0.387 e. The molecule has 0 fully saturated rings. The molecule has 356 valence electrons. The van der Waals surface area contributed by atoms with Gasteiger partial charge in [-0.15, -0.1) is 0 Å². The van der Waals surface area contributed by atoms with Crippen molar-refractivity contribution in [1.82, 2.24) is 5.32 Å². The van der Waals surface area contributed by atoms with Crippen LogP contribution in [0.15, 0.2) is 60.8 Å². The third-order valence-electron chi connectivity index (χ3n) is 10.9. The number of quaternary nitrogens is 1. The second-order valence-electron chi connectivity index (χ2n) is 18.2. The number of likely N-dealkylation sites (N-methyl/N-ethyl adjacent to an activating group) is 1. The SMILES string of the molecule is CCCCCCCC/C=C/CC/C=C/CC/C=C/C(O)C(COP(=O)(O)OCC[N+](C)(C)C)NC(=O)CCCCCCCCC/C=C\C/C=C\CCCCCCCCCCC. The fourth-order valence-corrected chi connectivity index (χ4v) is 7.66. The van der Waals surface area contributed by atoms with Crippen molar-refractivity contribution >= 4 is 13.7 Å². The van der Waals surface area contributed by atoms with E-state index in [2.05, 4.69) is 67.8 Å². The molecule has 0 aromatic heterocycles. The molecular formula is C52H98N2O6P+. The predicted molar refractivity (Wildman–Crippen MR) is 263 cm³/mol. The van der Waals surface area contributed by atoms with Gasteiger partial charge in [0.1, 0.15) is 13.2 Å². The normalized spacial score (nSPS) is 14.7. The van der Waals surface area contributed by atoms with Crippen LogP contribution in [0.1, 0.15) is 213 Å². The van der Waals surface area contributed by atoms with Crippen LogP contribution in [-0.4, -0.2) is 73.4 Å². The summed E-state index contributed by atoms with van der Waals surface area (Å²) in [6.07, 6.45) is 57.3. The van der Waals surface area contributed by atoms with E-state index in [1.165, 1.54) is 135 Å². The minimum atomic E-state index is -4.36. The van der Waals surface area contributed by atoms with E-state index in [9.17, 15) is 19.4 Å². The Morgan fingerprint density at radius 1 is 0.557 bits per heavy atom. The Bertz CT molecular complexity index is 1180. The van der Waals surface area contributed by atoms with Crippen molar-refractivity contribution in [3.63, 3.8) is 0 Å². The maximum absolute atomic E-state index is 12.9. The number of phosphoric ester groups is 1. The Morgan fingerprint density at radius 2 is 0.951 bits per heavy atom. The number of nitrogens with one attached hydrogen (secondary N) is 1. The Hall–Kier alpha value is -1.80. The van der Waals surface area contributed by atoms with Gasteiger partial charge in [0.2, 0.25) is 5.91 Å². The van der Waals surface area contributed by atoms with Crippen LogP contribution in [0, 0.1) is 0 Å². The maximum Gasteiger partial charge on any atom is 0.472 e. The number of hydrogen-bond acceptors (Lipinski definition) is 5. The van der Waals surface area contributed by atoms with E-state index in [0.717, 1.165) is 57.8 Å². The molecule has 0 bridgehead atoms. The molecule has 0 radical (unpaired) electrons. The van der Waals surface area contributed by atoms with Gasteiger partial charge in [0, 0.05) is 6.42 Å². The molecule has 0 rings (SSSR count). The molecule has 0 heterocycles. The van der Waals surface area contributed by atoms with Gasteiger partial charge < -0.3 is 19.8 Å². The number of carbonyl (C=O) groups excluding carboxylic acids is 1. The molecule has 61 heavy (non-hydrogen) atoms. The lowest BCUT2D eigenvalue weighted by atomic mass is 10.1. The van der Waals surface area contributed by atoms with Gasteiger partial charge in [0.05, 0.1) is 39.9 Å². The molecule has 3 unspecified atom stereocenters. The topological polar surface area (TPSA) is 105 Å². The molecule has 0 spiro atoms. The number of carbonyl (C=O) groups is 1. The van der Waals surface area contributed by atoms with Crippen molar-refractivity contribution in [2.75, 3.05) is 40.9 Å². The first-order valence-corrected chi connectivity index (χ1v) is 26.7. The molecule has 0 saturated carbocycles. The van der Waals surface area contributed by atoms with Crippen LogP contribution in [-0.2, 0) is 18.4 Å². The molecule has 9 heteroatoms. The van der Waals surface area contributed by atoms with Crippen LogP contribution >= 0.6 is 7.82 Å². The van der Waals surface area contributed by atoms with Crippen molar-refractivity contribution in [2.24, 2.45) is 0 Å². The summed E-state index contributed by atoms with van der Waals surface area (Å²) in [5, 5.41) is 13.8. The Morgan fingerprint density at radius 3 is 1.41 bits per heavy atom. The fraction of sp³-hybridized carbons (Fsp3) is 0.788. The fourth-order valence-electron chi connectivity index (χ4n) is 6.93. The first-order valence-electron chi connectivity index (χ1n) is 25.2. The Balaban J connectivity index is 4.38. The van der Waals surface area contributed by atoms with Gasteiger partial charge >= 0.3 is 7.82 Å². The average molecular weight is 878 g/mol. The number of hydrogen-bond donors (Lipinski definition) is 3. The van der Waals surface area contributed by atoms with E-state index < -0.39 is 20.0 Å². The summed E-state index contributed by atoms with van der Waals surface area (Å²) in [5.41, 5.74) is 0. The van der Waals surface area contributed by atoms with E-state index in [1.807, 2.05) is 27.2 Å². The van der Waals surface area contributed by atoms with Crippen molar-refractivity contribution in [1.29, 1.82) is 0 Å². The van der Waals surface area contributed by atoms with Gasteiger partial charge in [0.25, 0.3) is 0 Å². The van der Waals surface area contributed by atoms with Gasteiger partial charge in [-0.2, -0.15) is 0 Å². The number of allylic oxidation sites excluding steroid dienone is 9. The highest BCUT2D eigenvalue weighted by atomic mass is 31.2. The monoisotopic (exact) mass is 878 g/mol. The van der Waals surface area contributed by atoms with Crippen molar-refractivity contribution in [2.45, 2.75) is 225 Å². The Labute approximate surface area is 377 Å². The molecule has 0 aromatic carbocycles. The summed E-state index contributed by atoms with van der Waals surface area (Å²) >= 11 is 0. The van der Waals surface area contributed by atoms with Gasteiger partial charge in [-0.25, -0.2) is 4.57 Å². The van der Waals surface area contributed by atoms with Crippen LogP contribution < -0.4 is 5.32 Å². The lowest BCUT2D eigenvalue weighted by Crippen LogP contribution is -2.45. The van der Waals surface area contributed by atoms with Crippen molar-refractivity contribution < 1.29 is 32.9 Å². The van der Waals surface area contributed by atoms with Gasteiger partial charge in [0.15, 0.2) is 0 Å². The number of rotatable bonds is 45. The summed E-state index contributed by atoms with van der Waals surface area (Å²) in [6.45, 7) is 4.77. The first kappa shape index (κ1) is 59.2. The van der Waals surface area contributed by atoms with Gasteiger partial charge in [-0.05, 0) is 77.0 Å². The largest absolute Gasteiger partial charge is 0.472 e. The maximum atomic E-state index is 12.9. The van der Waals surface area contributed by atoms with E-state index in [0.29, 0.717) is 17.4 Å². The number of phosphoric acid groups is 1. The van der Waals surface area contributed by atoms with Crippen LogP contribution in [0.5, 0.6) is 0 Å². The molecule has 0 aromatic rings. The van der Waals surface area contributed by atoms with E-state index in [1.54, 1.807) is 6.08 Å². The highest BCUT2D eigenvalue weighted by Crippen LogP contribution is 2.43. The second kappa shape index (κ2) is 43.5. The number of unbranched alkanes of at least 4 members (excludes halogenated alkanes) is 24. The molecule has 3 atom stereocenters. The summed E-state index contributed by atoms with van der Waals surface area (Å²) in [4.78, 5) is 23.2. The molecule has 0 saturated heterocycles. The smallest absolute Gasteiger partial charge is 0.387 e. The van der Waals surface area contributed by atoms with E-state index in [4.69, 9.17) is 9.05 Å². The zero-order chi connectivity index (χ0) is 45.0. The zero-order valence-electron chi connectivity index (χ0n) is 40.4. The standard InChI is InChI=1S/C52H97N2O6P/c1-6-8-10-12-14-16-18-20-22-24-25-26-27-28-29-30-32-34-36-38-40-42-44-46-52(56)53-50(49-60-61(57,58)59-48-47-54(3,4)5)51(55)45-43-41-39-37-35-33-31-23-21-19-17-15-13-11-9-7-2/h21,23,25-26,28-29,35,37,43,45,50-51,55H,6-20,22,24,27,30-34,36,38-42,44,46-49H2,1-5H3,(H-,53,56,57,58)/p+1/b23-21+,26-25-,29-28-,37-35+,45-43+. The van der Waals surface area contributed by atoms with Crippen LogP contribution in [0.4, 0.5) is 0 Å². The Kier molecular flexibility index (Phi) is 42.2. The summed E-state index contributed by atoms with van der Waals surface area (Å²) in [5.74, 6) is -0.200. The molecule has 8 nitrogen and oxygen atoms in total. The van der Waals surface area contributed by atoms with Gasteiger partial charge in [-0.3, -0.25) is 13.8 Å². The zero-order valence-corrected chi connectivity index (χ0v) is 41.3. The van der Waals surface area contributed by atoms with Crippen LogP contribution in [0.25, 0.3) is 0 Å². The summed E-state index contributed by atoms with van der Waals surface area (Å²) in [6, 6.07) is -0.875. The molecule has 0 aliphatic rings. The van der Waals surface area contributed by atoms with Crippen LogP contribution in [0.2, 0.25) is 0 Å². The number of amides is 1. The molecule has 0 aliphatic carbocycles. The highest BCUT2D eigenvalue weighted by Gasteiger charge is 2.27. The summed E-state index contributed by atoms with van der Waals surface area (Å²) in [7, 11) is 1.53. The van der Waals surface area contributed by atoms with Crippen molar-refractivity contribution in [3.8, 4) is 0 Å². The highest BCUT2D eigenvalue weighted by molar-refractivity contribution is 7.47. The summed E-state index contributed by atoms with van der Waals surface area (Å²) < 4.78 is 23.6. The number of aliphatic hydroxyl groups excluding tert-OH is 1. The minimum absolute atomic E-state index is 0.0498. The first-order chi connectivity index (χ1) is 29.5. The third kappa shape index (κ3) is 46.0. The van der Waals surface area contributed by atoms with Crippen LogP contribution in [0.3, 0.4) is 0 Å². The molecular weight excluding hydrogens is 780 g/mol. The average Bonchev–Trinajstić information content (AvgIpc) is 3.21. The lowest BCUT2D eigenvalue weighted by Gasteiger charge is -2.25. The lowest BCUT2D eigenvalue weighted by molar-refractivity contribution is -0.870. The molecule has 1 amide bonds. The quantitative estimate of drug-likeness (QED) is 0.0244. The van der Waals surface area contributed by atoms with E-state index in [-0.39, 0.29) is 19.1 Å².